The van der Waals surface area contributed by atoms with Crippen LogP contribution >= 0.6 is 11.6 Å². The molecule has 15 heavy (non-hydrogen) atoms. The molecule has 0 aromatic heterocycles. The Kier molecular flexibility index (Phi) is 5.80. The van der Waals surface area contributed by atoms with Crippen LogP contribution in [0, 0.1) is 10.1 Å². The van der Waals surface area contributed by atoms with Crippen molar-refractivity contribution in [1.29, 1.82) is 0 Å². The molecular formula is C6H3BClF3KNO2. The van der Waals surface area contributed by atoms with Crippen LogP contribution in [-0.4, -0.2) is 11.9 Å². The fourth-order valence-corrected chi connectivity index (χ4v) is 1.06. The molecule has 0 unspecified atom stereocenters. The van der Waals surface area contributed by atoms with Gasteiger partial charge in [0.05, 0.1) is 4.92 Å². The Balaban J connectivity index is 0.00000196. The smallest absolute Gasteiger partial charge is 0.445 e. The Labute approximate surface area is 131 Å². The molecule has 9 heteroatoms. The molecule has 0 saturated heterocycles. The first kappa shape index (κ1) is 15.4. The summed E-state index contributed by atoms with van der Waals surface area (Å²) in [6, 6.07) is 2.02. The number of nitrogens with zero attached hydrogens (tertiary/aromatic N) is 1. The summed E-state index contributed by atoms with van der Waals surface area (Å²) < 4.78 is 36.5. The van der Waals surface area contributed by atoms with Crippen LogP contribution in [0.15, 0.2) is 18.2 Å². The molecule has 0 aliphatic heterocycles. The number of benzene rings is 1. The van der Waals surface area contributed by atoms with Crippen molar-refractivity contribution >= 4 is 29.7 Å². The van der Waals surface area contributed by atoms with Crippen LogP contribution in [0.3, 0.4) is 0 Å². The Morgan fingerprint density at radius 3 is 2.27 bits per heavy atom. The van der Waals surface area contributed by atoms with Gasteiger partial charge in [-0.1, -0.05) is 17.7 Å². The maximum Gasteiger partial charge on any atom is 1.00 e. The molecule has 1 aromatic rings. The van der Waals surface area contributed by atoms with Crippen LogP contribution in [0.4, 0.5) is 18.6 Å². The van der Waals surface area contributed by atoms with Crippen LogP contribution in [0.25, 0.3) is 0 Å². The predicted octanol–water partition coefficient (Wildman–Crippen LogP) is -0.693. The molecule has 0 amide bonds. The van der Waals surface area contributed by atoms with E-state index in [1.807, 2.05) is 0 Å². The van der Waals surface area contributed by atoms with Crippen molar-refractivity contribution in [3.63, 3.8) is 0 Å². The van der Waals surface area contributed by atoms with Crippen molar-refractivity contribution < 1.29 is 69.3 Å². The third kappa shape index (κ3) is 4.04. The normalized spacial score (nSPS) is 10.7. The van der Waals surface area contributed by atoms with Crippen molar-refractivity contribution in [3.8, 4) is 0 Å². The van der Waals surface area contributed by atoms with E-state index in [0.717, 1.165) is 12.1 Å². The molecule has 0 aliphatic carbocycles. The van der Waals surface area contributed by atoms with Crippen molar-refractivity contribution in [2.24, 2.45) is 0 Å². The Morgan fingerprint density at radius 2 is 1.87 bits per heavy atom. The second-order valence-electron chi connectivity index (χ2n) is 2.54. The molecule has 0 fully saturated rings. The minimum atomic E-state index is -5.23. The van der Waals surface area contributed by atoms with Crippen LogP contribution < -0.4 is 56.8 Å². The standard InChI is InChI=1S/C6H3BClF3NO2.K/c8-5-2-1-4(7(9,10)11)3-6(5)12(13)14;/h1-3H;/q-1;+1. The van der Waals surface area contributed by atoms with Gasteiger partial charge in [-0.25, -0.2) is 0 Å². The van der Waals surface area contributed by atoms with Gasteiger partial charge in [-0.2, -0.15) is 0 Å². The van der Waals surface area contributed by atoms with Crippen molar-refractivity contribution in [2.75, 3.05) is 0 Å². The minimum Gasteiger partial charge on any atom is -0.445 e. The maximum atomic E-state index is 12.2. The van der Waals surface area contributed by atoms with E-state index in [9.17, 15) is 23.1 Å². The predicted molar refractivity (Wildman–Crippen MR) is 46.8 cm³/mol. The van der Waals surface area contributed by atoms with Gasteiger partial charge in [0.2, 0.25) is 0 Å². The second-order valence-corrected chi connectivity index (χ2v) is 2.95. The first-order chi connectivity index (χ1) is 6.32. The Bertz CT molecular complexity index is 387. The van der Waals surface area contributed by atoms with Crippen LogP contribution in [0.1, 0.15) is 0 Å². The molecule has 0 spiro atoms. The fourth-order valence-electron chi connectivity index (χ4n) is 0.873. The minimum absolute atomic E-state index is 0. The van der Waals surface area contributed by atoms with E-state index in [-0.39, 0.29) is 56.4 Å². The molecule has 0 bridgehead atoms. The summed E-state index contributed by atoms with van der Waals surface area (Å²) in [4.78, 5) is 9.31. The quantitative estimate of drug-likeness (QED) is 0.403. The van der Waals surface area contributed by atoms with Crippen molar-refractivity contribution in [1.82, 2.24) is 0 Å². The summed E-state index contributed by atoms with van der Waals surface area (Å²) in [5, 5.41) is 9.95. The molecular weight excluding hydrogens is 260 g/mol. The summed E-state index contributed by atoms with van der Waals surface area (Å²) in [6.07, 6.45) is 0. The third-order valence-corrected chi connectivity index (χ3v) is 1.86. The van der Waals surface area contributed by atoms with Gasteiger partial charge in [-0.15, -0.1) is 5.46 Å². The maximum absolute atomic E-state index is 12.2. The molecule has 1 aromatic carbocycles. The van der Waals surface area contributed by atoms with Gasteiger partial charge < -0.3 is 12.9 Å². The largest absolute Gasteiger partial charge is 1.00 e. The third-order valence-electron chi connectivity index (χ3n) is 1.54. The molecule has 0 atom stereocenters. The van der Waals surface area contributed by atoms with Gasteiger partial charge in [0.15, 0.2) is 0 Å². The number of halogens is 4. The first-order valence-electron chi connectivity index (χ1n) is 3.46. The number of hydrogen-bond acceptors (Lipinski definition) is 2. The average Bonchev–Trinajstić information content (AvgIpc) is 2.02. The molecule has 0 aliphatic rings. The van der Waals surface area contributed by atoms with Crippen molar-refractivity contribution in [2.45, 2.75) is 0 Å². The van der Waals surface area contributed by atoms with E-state index in [4.69, 9.17) is 11.6 Å². The second kappa shape index (κ2) is 5.65. The monoisotopic (exact) mass is 263 g/mol. The molecule has 0 heterocycles. The summed E-state index contributed by atoms with van der Waals surface area (Å²) >= 11 is 5.34. The van der Waals surface area contributed by atoms with E-state index in [1.165, 1.54) is 0 Å². The molecule has 0 radical (unpaired) electrons. The summed E-state index contributed by atoms with van der Waals surface area (Å²) in [6.45, 7) is -5.23. The number of rotatable bonds is 2. The van der Waals surface area contributed by atoms with E-state index >= 15 is 0 Å². The van der Waals surface area contributed by atoms with Gasteiger partial charge in [-0.3, -0.25) is 10.1 Å². The topological polar surface area (TPSA) is 43.1 Å². The van der Waals surface area contributed by atoms with Crippen LogP contribution in [0.2, 0.25) is 5.02 Å². The Hall–Kier alpha value is 0.401. The molecule has 0 saturated carbocycles. The molecule has 1 rings (SSSR count). The summed E-state index contributed by atoms with van der Waals surface area (Å²) in [5.41, 5.74) is -1.76. The zero-order chi connectivity index (χ0) is 10.9. The number of nitro groups is 1. The van der Waals surface area contributed by atoms with Gasteiger partial charge >= 0.3 is 58.4 Å². The number of hydrogen-bond donors (Lipinski definition) is 0. The summed E-state index contributed by atoms with van der Waals surface area (Å²) in [7, 11) is 0. The fraction of sp³-hybridized carbons (Fsp3) is 0. The van der Waals surface area contributed by atoms with Gasteiger partial charge in [0, 0.05) is 0 Å². The average molecular weight is 263 g/mol. The number of nitro benzene ring substituents is 1. The van der Waals surface area contributed by atoms with E-state index < -0.39 is 23.1 Å². The van der Waals surface area contributed by atoms with E-state index in [1.54, 1.807) is 0 Å². The molecule has 3 nitrogen and oxygen atoms in total. The van der Waals surface area contributed by atoms with Crippen molar-refractivity contribution in [3.05, 3.63) is 33.3 Å². The van der Waals surface area contributed by atoms with E-state index in [0.29, 0.717) is 6.07 Å². The van der Waals surface area contributed by atoms with Crippen LogP contribution in [0.5, 0.6) is 0 Å². The van der Waals surface area contributed by atoms with Gasteiger partial charge in [0.25, 0.3) is 5.69 Å². The van der Waals surface area contributed by atoms with Crippen LogP contribution in [-0.2, 0) is 0 Å². The SMILES string of the molecule is O=[N+]([O-])c1cc([B-](F)(F)F)ccc1Cl.[K+]. The van der Waals surface area contributed by atoms with Gasteiger partial charge in [0.1, 0.15) is 5.02 Å². The molecule has 0 N–H and O–H groups in total. The van der Waals surface area contributed by atoms with Gasteiger partial charge in [-0.05, 0) is 12.1 Å². The molecule has 76 valence electrons. The first-order valence-corrected chi connectivity index (χ1v) is 3.84. The Morgan fingerprint density at radius 1 is 1.33 bits per heavy atom. The van der Waals surface area contributed by atoms with E-state index in [2.05, 4.69) is 0 Å². The zero-order valence-electron chi connectivity index (χ0n) is 7.58. The summed E-state index contributed by atoms with van der Waals surface area (Å²) in [5.74, 6) is 0. The zero-order valence-corrected chi connectivity index (χ0v) is 11.5.